The van der Waals surface area contributed by atoms with Crippen molar-refractivity contribution in [2.75, 3.05) is 0 Å². The molecular formula is C17H20O4S. The number of hydrogen-bond donors (Lipinski definition) is 1. The van der Waals surface area contributed by atoms with E-state index in [2.05, 4.69) is 0 Å². The van der Waals surface area contributed by atoms with Crippen LogP contribution in [-0.4, -0.2) is 19.1 Å². The molecule has 0 amide bonds. The van der Waals surface area contributed by atoms with Gasteiger partial charge in [-0.15, -0.1) is 0 Å². The molecule has 0 aliphatic rings. The summed E-state index contributed by atoms with van der Waals surface area (Å²) < 4.78 is 35.7. The van der Waals surface area contributed by atoms with E-state index in [0.29, 0.717) is 12.8 Å². The lowest BCUT2D eigenvalue weighted by Crippen LogP contribution is -2.27. The Balaban J connectivity index is 2.16. The van der Waals surface area contributed by atoms with Crippen molar-refractivity contribution in [1.29, 1.82) is 0 Å². The Kier molecular flexibility index (Phi) is 5.71. The molecule has 0 aliphatic carbocycles. The second kappa shape index (κ2) is 7.54. The predicted octanol–water partition coefficient (Wildman–Crippen LogP) is 3.30. The monoisotopic (exact) mass is 320 g/mol. The standard InChI is InChI=1S/C17H20O4S/c1-14(21-22(18,19)20)17(12-15-8-4-2-5-9-15)13-16-10-6-3-7-11-16/h2-11,14,17H,12-13H2,1H3,(H,18,19,20). The Morgan fingerprint density at radius 3 is 1.68 bits per heavy atom. The summed E-state index contributed by atoms with van der Waals surface area (Å²) in [5, 5.41) is 0. The highest BCUT2D eigenvalue weighted by Gasteiger charge is 2.23. The third-order valence-corrected chi connectivity index (χ3v) is 4.17. The maximum Gasteiger partial charge on any atom is 0.397 e. The minimum Gasteiger partial charge on any atom is -0.264 e. The molecule has 0 saturated carbocycles. The third-order valence-electron chi connectivity index (χ3n) is 3.62. The highest BCUT2D eigenvalue weighted by atomic mass is 32.3. The Hall–Kier alpha value is -1.69. The van der Waals surface area contributed by atoms with E-state index in [-0.39, 0.29) is 5.92 Å². The molecular weight excluding hydrogens is 300 g/mol. The molecule has 5 heteroatoms. The zero-order chi connectivity index (χ0) is 16.0. The lowest BCUT2D eigenvalue weighted by molar-refractivity contribution is 0.137. The van der Waals surface area contributed by atoms with E-state index in [9.17, 15) is 8.42 Å². The molecule has 22 heavy (non-hydrogen) atoms. The van der Waals surface area contributed by atoms with Gasteiger partial charge in [0.2, 0.25) is 0 Å². The minimum atomic E-state index is -4.45. The van der Waals surface area contributed by atoms with Gasteiger partial charge in [0.25, 0.3) is 0 Å². The SMILES string of the molecule is CC(OS(=O)(=O)O)C(Cc1ccccc1)Cc1ccccc1. The van der Waals surface area contributed by atoms with Gasteiger partial charge in [0.15, 0.2) is 0 Å². The first kappa shape index (κ1) is 16.7. The van der Waals surface area contributed by atoms with E-state index in [1.54, 1.807) is 6.92 Å². The van der Waals surface area contributed by atoms with Gasteiger partial charge >= 0.3 is 10.4 Å². The average Bonchev–Trinajstić information content (AvgIpc) is 2.47. The Morgan fingerprint density at radius 1 is 0.909 bits per heavy atom. The van der Waals surface area contributed by atoms with Crippen LogP contribution in [0, 0.1) is 5.92 Å². The normalized spacial score (nSPS) is 13.2. The van der Waals surface area contributed by atoms with Gasteiger partial charge in [-0.2, -0.15) is 8.42 Å². The predicted molar refractivity (Wildman–Crippen MR) is 85.9 cm³/mol. The van der Waals surface area contributed by atoms with Gasteiger partial charge in [-0.1, -0.05) is 60.7 Å². The fourth-order valence-electron chi connectivity index (χ4n) is 2.51. The fraction of sp³-hybridized carbons (Fsp3) is 0.294. The van der Waals surface area contributed by atoms with E-state index < -0.39 is 16.5 Å². The summed E-state index contributed by atoms with van der Waals surface area (Å²) in [5.41, 5.74) is 2.21. The maximum atomic E-state index is 11.0. The molecule has 118 valence electrons. The molecule has 2 rings (SSSR count). The molecule has 0 aromatic heterocycles. The summed E-state index contributed by atoms with van der Waals surface area (Å²) in [6.45, 7) is 1.67. The molecule has 0 radical (unpaired) electrons. The van der Waals surface area contributed by atoms with Crippen LogP contribution in [0.25, 0.3) is 0 Å². The van der Waals surface area contributed by atoms with E-state index in [1.807, 2.05) is 60.7 Å². The Labute approximate surface area is 131 Å². The maximum absolute atomic E-state index is 11.0. The van der Waals surface area contributed by atoms with Crippen LogP contribution in [0.4, 0.5) is 0 Å². The smallest absolute Gasteiger partial charge is 0.264 e. The van der Waals surface area contributed by atoms with Gasteiger partial charge < -0.3 is 0 Å². The molecule has 0 fully saturated rings. The zero-order valence-corrected chi connectivity index (χ0v) is 13.2. The van der Waals surface area contributed by atoms with Gasteiger partial charge in [0.1, 0.15) is 0 Å². The lowest BCUT2D eigenvalue weighted by Gasteiger charge is -2.23. The topological polar surface area (TPSA) is 63.6 Å². The molecule has 0 saturated heterocycles. The molecule has 0 heterocycles. The van der Waals surface area contributed by atoms with Crippen LogP contribution in [0.15, 0.2) is 60.7 Å². The number of hydrogen-bond acceptors (Lipinski definition) is 3. The molecule has 1 atom stereocenters. The van der Waals surface area contributed by atoms with Gasteiger partial charge in [-0.05, 0) is 36.8 Å². The number of rotatable bonds is 7. The Morgan fingerprint density at radius 2 is 1.32 bits per heavy atom. The van der Waals surface area contributed by atoms with Gasteiger partial charge in [-0.3, -0.25) is 4.55 Å². The van der Waals surface area contributed by atoms with Gasteiger partial charge in [0.05, 0.1) is 6.10 Å². The molecule has 0 bridgehead atoms. The molecule has 2 aromatic rings. The molecule has 1 N–H and O–H groups in total. The first-order chi connectivity index (χ1) is 10.4. The van der Waals surface area contributed by atoms with Crippen molar-refractivity contribution in [2.45, 2.75) is 25.9 Å². The van der Waals surface area contributed by atoms with E-state index in [1.165, 1.54) is 0 Å². The summed E-state index contributed by atoms with van der Waals surface area (Å²) >= 11 is 0. The highest BCUT2D eigenvalue weighted by Crippen LogP contribution is 2.21. The first-order valence-electron chi connectivity index (χ1n) is 7.17. The minimum absolute atomic E-state index is 0.0632. The summed E-state index contributed by atoms with van der Waals surface area (Å²) in [4.78, 5) is 0. The van der Waals surface area contributed by atoms with Crippen molar-refractivity contribution in [3.8, 4) is 0 Å². The van der Waals surface area contributed by atoms with Gasteiger partial charge in [-0.25, -0.2) is 4.18 Å². The van der Waals surface area contributed by atoms with Crippen LogP contribution in [0.5, 0.6) is 0 Å². The van der Waals surface area contributed by atoms with Crippen LogP contribution in [0.1, 0.15) is 18.1 Å². The van der Waals surface area contributed by atoms with Crippen molar-refractivity contribution in [3.63, 3.8) is 0 Å². The molecule has 0 aliphatic heterocycles. The van der Waals surface area contributed by atoms with Crippen molar-refractivity contribution < 1.29 is 17.2 Å². The fourth-order valence-corrected chi connectivity index (χ4v) is 3.05. The quantitative estimate of drug-likeness (QED) is 0.795. The first-order valence-corrected chi connectivity index (χ1v) is 8.54. The van der Waals surface area contributed by atoms with E-state index >= 15 is 0 Å². The summed E-state index contributed by atoms with van der Waals surface area (Å²) in [6.07, 6.45) is 0.731. The van der Waals surface area contributed by atoms with Crippen LogP contribution >= 0.6 is 0 Å². The van der Waals surface area contributed by atoms with Gasteiger partial charge in [0, 0.05) is 0 Å². The lowest BCUT2D eigenvalue weighted by atomic mass is 9.89. The van der Waals surface area contributed by atoms with Crippen LogP contribution < -0.4 is 0 Å². The second-order valence-electron chi connectivity index (χ2n) is 5.37. The van der Waals surface area contributed by atoms with E-state index in [4.69, 9.17) is 8.74 Å². The Bertz CT molecular complexity index is 627. The summed E-state index contributed by atoms with van der Waals surface area (Å²) in [5.74, 6) is -0.0632. The van der Waals surface area contributed by atoms with Crippen molar-refractivity contribution in [2.24, 2.45) is 5.92 Å². The summed E-state index contributed by atoms with van der Waals surface area (Å²) in [7, 11) is -4.45. The van der Waals surface area contributed by atoms with Crippen molar-refractivity contribution in [3.05, 3.63) is 71.8 Å². The van der Waals surface area contributed by atoms with Crippen LogP contribution in [-0.2, 0) is 27.4 Å². The molecule has 0 spiro atoms. The van der Waals surface area contributed by atoms with Crippen LogP contribution in [0.3, 0.4) is 0 Å². The second-order valence-corrected chi connectivity index (χ2v) is 6.42. The molecule has 2 aromatic carbocycles. The third kappa shape index (κ3) is 5.60. The summed E-state index contributed by atoms with van der Waals surface area (Å²) in [6, 6.07) is 19.7. The van der Waals surface area contributed by atoms with Crippen molar-refractivity contribution in [1.82, 2.24) is 0 Å². The van der Waals surface area contributed by atoms with E-state index in [0.717, 1.165) is 11.1 Å². The van der Waals surface area contributed by atoms with Crippen LogP contribution in [0.2, 0.25) is 0 Å². The van der Waals surface area contributed by atoms with Crippen molar-refractivity contribution >= 4 is 10.4 Å². The number of benzene rings is 2. The molecule has 1 unspecified atom stereocenters. The zero-order valence-electron chi connectivity index (χ0n) is 12.4. The average molecular weight is 320 g/mol. The largest absolute Gasteiger partial charge is 0.397 e. The highest BCUT2D eigenvalue weighted by molar-refractivity contribution is 7.80. The molecule has 4 nitrogen and oxygen atoms in total.